The molecule has 356 valence electrons. The van der Waals surface area contributed by atoms with Gasteiger partial charge in [0.2, 0.25) is 35.4 Å². The van der Waals surface area contributed by atoms with E-state index < -0.39 is 107 Å². The zero-order chi connectivity index (χ0) is 48.8. The van der Waals surface area contributed by atoms with Gasteiger partial charge in [-0.15, -0.1) is 0 Å². The molecule has 15 N–H and O–H groups in total. The van der Waals surface area contributed by atoms with Crippen molar-refractivity contribution in [2.24, 2.45) is 17.2 Å². The van der Waals surface area contributed by atoms with Crippen LogP contribution in [0.3, 0.4) is 0 Å². The number of H-pyrrole nitrogens is 2. The third kappa shape index (κ3) is 13.6. The van der Waals surface area contributed by atoms with Gasteiger partial charge in [0.1, 0.15) is 30.2 Å². The van der Waals surface area contributed by atoms with Gasteiger partial charge in [-0.3, -0.25) is 38.9 Å². The van der Waals surface area contributed by atoms with Crippen molar-refractivity contribution < 1.29 is 48.7 Å². The van der Waals surface area contributed by atoms with E-state index in [0.717, 1.165) is 33.9 Å². The van der Waals surface area contributed by atoms with E-state index in [9.17, 15) is 53.9 Å². The Morgan fingerprint density at radius 1 is 0.687 bits per heavy atom. The molecule has 0 unspecified atom stereocenters. The number of fused-ring (bicyclic) bond motifs is 2. The van der Waals surface area contributed by atoms with Crippen LogP contribution in [0.1, 0.15) is 55.7 Å². The van der Waals surface area contributed by atoms with Gasteiger partial charge in [0.15, 0.2) is 5.75 Å². The number of nitro benzene ring substituents is 1. The van der Waals surface area contributed by atoms with Crippen molar-refractivity contribution in [3.63, 3.8) is 0 Å². The summed E-state index contributed by atoms with van der Waals surface area (Å²) in [4.78, 5) is 111. The zero-order valence-electron chi connectivity index (χ0n) is 36.6. The largest absolute Gasteiger partial charge is 0.502 e. The number of amides is 6. The first kappa shape index (κ1) is 50.2. The number of nitro groups is 1. The van der Waals surface area contributed by atoms with Crippen molar-refractivity contribution in [3.05, 3.63) is 106 Å². The smallest absolute Gasteiger partial charge is 0.326 e. The third-order valence-corrected chi connectivity index (χ3v) is 11.1. The van der Waals surface area contributed by atoms with Gasteiger partial charge < -0.3 is 64.0 Å². The number of hydrogen-bond donors (Lipinski definition) is 12. The lowest BCUT2D eigenvalue weighted by atomic mass is 10.00. The summed E-state index contributed by atoms with van der Waals surface area (Å²) in [6.07, 6.45) is 2.86. The number of para-hydroxylation sites is 2. The summed E-state index contributed by atoms with van der Waals surface area (Å²) >= 11 is 0. The average molecular weight is 926 g/mol. The number of carboxylic acid groups (broad SMARTS) is 1. The van der Waals surface area contributed by atoms with Crippen LogP contribution in [0.2, 0.25) is 0 Å². The maximum atomic E-state index is 14.6. The van der Waals surface area contributed by atoms with Crippen LogP contribution >= 0.6 is 0 Å². The number of hydrogen-bond acceptors (Lipinski definition) is 12. The molecule has 0 aliphatic rings. The highest BCUT2D eigenvalue weighted by Gasteiger charge is 2.34. The van der Waals surface area contributed by atoms with Crippen molar-refractivity contribution in [2.75, 3.05) is 6.54 Å². The van der Waals surface area contributed by atoms with E-state index in [4.69, 9.17) is 17.2 Å². The van der Waals surface area contributed by atoms with Gasteiger partial charge in [-0.05, 0) is 67.1 Å². The number of rotatable bonds is 25. The van der Waals surface area contributed by atoms with Crippen LogP contribution in [0.5, 0.6) is 5.75 Å². The minimum absolute atomic E-state index is 0.0226. The number of phenols is 1. The quantitative estimate of drug-likeness (QED) is 0.0216. The molecule has 22 nitrogen and oxygen atoms in total. The summed E-state index contributed by atoms with van der Waals surface area (Å²) in [5.41, 5.74) is 19.2. The molecular weight excluding hydrogens is 871 g/mol. The number of phenolic OH excluding ortho intramolecular Hbond substituents is 1. The first-order chi connectivity index (χ1) is 32.0. The Morgan fingerprint density at radius 3 is 1.66 bits per heavy atom. The zero-order valence-corrected chi connectivity index (χ0v) is 36.6. The Balaban J connectivity index is 1.48. The standard InChI is InChI=1S/C45H55N11O11/c1-2-30(45(64)65)51-42(61)34(17-24-14-15-38(57)37(18-24)56(66)67)54-41(60)33(13-7-8-16-46)52-43(62)36(20-26-23-50-32-12-6-4-10-28(26)32)55-44(63)35(53-40(59)29(47)21-39(48)58)19-25-22-49-31-11-5-3-9-27(25)31/h3-6,9-12,14-15,18,22-23,29-30,33-36,49-50,57H,2,7-8,13,16-17,19-21,46-47H2,1H3,(H2,48,58)(H,51,61)(H,52,62)(H,53,59)(H,54,60)(H,55,63)(H,64,65)/t29-,30+,33+,34+,35+,36+/m1/s1. The van der Waals surface area contributed by atoms with E-state index >= 15 is 0 Å². The number of aromatic hydroxyl groups is 1. The van der Waals surface area contributed by atoms with Crippen molar-refractivity contribution >= 4 is 68.9 Å². The average Bonchev–Trinajstić information content (AvgIpc) is 3.90. The molecule has 6 amide bonds. The van der Waals surface area contributed by atoms with E-state index in [1.807, 2.05) is 30.3 Å². The molecule has 5 aromatic rings. The van der Waals surface area contributed by atoms with Crippen molar-refractivity contribution in [1.82, 2.24) is 36.6 Å². The summed E-state index contributed by atoms with van der Waals surface area (Å²) < 4.78 is 0. The Bertz CT molecular complexity index is 2610. The van der Waals surface area contributed by atoms with Gasteiger partial charge in [0.25, 0.3) is 0 Å². The number of unbranched alkanes of at least 4 members (excludes halogenated alkanes) is 1. The van der Waals surface area contributed by atoms with Gasteiger partial charge in [-0.1, -0.05) is 49.4 Å². The molecule has 5 rings (SSSR count). The van der Waals surface area contributed by atoms with Gasteiger partial charge >= 0.3 is 11.7 Å². The second-order valence-corrected chi connectivity index (χ2v) is 16.0. The van der Waals surface area contributed by atoms with E-state index in [0.29, 0.717) is 24.0 Å². The van der Waals surface area contributed by atoms with Crippen LogP contribution < -0.4 is 43.8 Å². The van der Waals surface area contributed by atoms with Crippen molar-refractivity contribution in [2.45, 2.75) is 94.5 Å². The Morgan fingerprint density at radius 2 is 1.16 bits per heavy atom. The lowest BCUT2D eigenvalue weighted by Gasteiger charge is -2.27. The number of primary amides is 1. The summed E-state index contributed by atoms with van der Waals surface area (Å²) in [7, 11) is 0. The molecule has 0 aliphatic carbocycles. The van der Waals surface area contributed by atoms with E-state index in [1.54, 1.807) is 30.6 Å². The Hall–Kier alpha value is -7.85. The highest BCUT2D eigenvalue weighted by Crippen LogP contribution is 2.27. The molecular formula is C45H55N11O11. The molecule has 22 heteroatoms. The predicted molar refractivity (Wildman–Crippen MR) is 245 cm³/mol. The number of benzene rings is 3. The Labute approximate surface area is 383 Å². The number of nitrogens with zero attached hydrogens (tertiary/aromatic N) is 1. The fraction of sp³-hybridized carbons (Fsp3) is 0.356. The predicted octanol–water partition coefficient (Wildman–Crippen LogP) is 0.541. The number of aliphatic carboxylic acids is 1. The molecule has 3 aromatic carbocycles. The monoisotopic (exact) mass is 925 g/mol. The molecule has 0 radical (unpaired) electrons. The van der Waals surface area contributed by atoms with Crippen LogP contribution in [0.15, 0.2) is 79.1 Å². The molecule has 2 aromatic heterocycles. The molecule has 0 spiro atoms. The fourth-order valence-electron chi connectivity index (χ4n) is 7.52. The molecule has 0 aliphatic heterocycles. The topological polar surface area (TPSA) is 373 Å². The van der Waals surface area contributed by atoms with Crippen LogP contribution in [0.4, 0.5) is 5.69 Å². The summed E-state index contributed by atoms with van der Waals surface area (Å²) in [5, 5.41) is 45.8. The first-order valence-electron chi connectivity index (χ1n) is 21.5. The molecule has 0 saturated heterocycles. The molecule has 67 heavy (non-hydrogen) atoms. The van der Waals surface area contributed by atoms with Crippen LogP contribution in [0.25, 0.3) is 21.8 Å². The minimum atomic E-state index is -1.55. The molecule has 0 bridgehead atoms. The number of aromatic nitrogens is 2. The number of carboxylic acids is 1. The molecule has 0 saturated carbocycles. The van der Waals surface area contributed by atoms with Gasteiger partial charge in [0, 0.05) is 59.5 Å². The van der Waals surface area contributed by atoms with Gasteiger partial charge in [-0.2, -0.15) is 0 Å². The normalized spacial score (nSPS) is 13.9. The van der Waals surface area contributed by atoms with Crippen LogP contribution in [-0.4, -0.2) is 109 Å². The number of nitrogens with two attached hydrogens (primary N) is 3. The molecule has 6 atom stereocenters. The summed E-state index contributed by atoms with van der Waals surface area (Å²) in [6.45, 7) is 1.74. The lowest BCUT2D eigenvalue weighted by Crippen LogP contribution is -2.60. The number of carbonyl (C=O) groups is 7. The van der Waals surface area contributed by atoms with Crippen LogP contribution in [0, 0.1) is 10.1 Å². The highest BCUT2D eigenvalue weighted by molar-refractivity contribution is 5.98. The number of carbonyl (C=O) groups excluding carboxylic acids is 6. The molecule has 2 heterocycles. The van der Waals surface area contributed by atoms with Crippen molar-refractivity contribution in [3.8, 4) is 5.75 Å². The number of aromatic amines is 2. The highest BCUT2D eigenvalue weighted by atomic mass is 16.6. The number of nitrogens with one attached hydrogen (secondary N) is 7. The van der Waals surface area contributed by atoms with Gasteiger partial charge in [0.05, 0.1) is 17.4 Å². The lowest BCUT2D eigenvalue weighted by molar-refractivity contribution is -0.385. The third-order valence-electron chi connectivity index (χ3n) is 11.1. The van der Waals surface area contributed by atoms with Gasteiger partial charge in [-0.25, -0.2) is 4.79 Å². The minimum Gasteiger partial charge on any atom is -0.502 e. The second-order valence-electron chi connectivity index (χ2n) is 16.0. The summed E-state index contributed by atoms with van der Waals surface area (Å²) in [6, 6.07) is 9.33. The van der Waals surface area contributed by atoms with Crippen LogP contribution in [-0.2, 0) is 52.8 Å². The second kappa shape index (κ2) is 23.4. The fourth-order valence-corrected chi connectivity index (χ4v) is 7.52. The van der Waals surface area contributed by atoms with E-state index in [-0.39, 0.29) is 37.8 Å². The SMILES string of the molecule is CC[C@H](NC(=O)[C@H](Cc1ccc(O)c([N+](=O)[O-])c1)NC(=O)[C@H](CCCCN)NC(=O)[C@H](Cc1c[nH]c2ccccc12)NC(=O)[C@H](Cc1c[nH]c2ccccc12)NC(=O)[C@H](N)CC(N)=O)C(=O)O. The van der Waals surface area contributed by atoms with E-state index in [1.165, 1.54) is 13.0 Å². The maximum Gasteiger partial charge on any atom is 0.326 e. The maximum absolute atomic E-state index is 14.6. The summed E-state index contributed by atoms with van der Waals surface area (Å²) in [5.74, 6) is -7.22. The first-order valence-corrected chi connectivity index (χ1v) is 21.5. The Kier molecular flexibility index (Phi) is 17.5. The van der Waals surface area contributed by atoms with E-state index in [2.05, 4.69) is 36.6 Å². The molecule has 0 fully saturated rings. The van der Waals surface area contributed by atoms with Crippen molar-refractivity contribution in [1.29, 1.82) is 0 Å².